The van der Waals surface area contributed by atoms with Gasteiger partial charge >= 0.3 is 12.1 Å². The lowest BCUT2D eigenvalue weighted by Gasteiger charge is -2.09. The Balaban J connectivity index is 1.86. The van der Waals surface area contributed by atoms with E-state index >= 15 is 0 Å². The minimum Gasteiger partial charge on any atom is -0.318 e. The van der Waals surface area contributed by atoms with Gasteiger partial charge in [-0.2, -0.15) is 13.2 Å². The summed E-state index contributed by atoms with van der Waals surface area (Å²) in [7, 11) is 0. The molecule has 0 aliphatic carbocycles. The number of ketones is 1. The topological polar surface area (TPSA) is 60.7 Å². The smallest absolute Gasteiger partial charge is 0.318 e. The van der Waals surface area contributed by atoms with Crippen molar-refractivity contribution in [1.82, 2.24) is 4.57 Å². The largest absolute Gasteiger partial charge is 0.416 e. The molecule has 4 rings (SSSR count). The Labute approximate surface area is 216 Å². The first-order chi connectivity index (χ1) is 18.1. The van der Waals surface area contributed by atoms with Gasteiger partial charge in [-0.1, -0.05) is 31.3 Å². The molecule has 0 spiro atoms. The molecule has 198 valence electrons. The number of rotatable bonds is 9. The lowest BCUT2D eigenvalue weighted by molar-refractivity contribution is -0.141. The zero-order valence-electron chi connectivity index (χ0n) is 20.9. The number of alkyl halides is 3. The fourth-order valence-corrected chi connectivity index (χ4v) is 4.42. The van der Waals surface area contributed by atoms with Crippen molar-refractivity contribution >= 4 is 39.3 Å². The molecule has 0 saturated heterocycles. The first kappa shape index (κ1) is 27.0. The number of carbonyl (C=O) groups is 2. The molecular weight excluding hydrogens is 500 g/mol. The second kappa shape index (κ2) is 11.2. The number of hydrogen-bond donors (Lipinski definition) is 0. The summed E-state index contributed by atoms with van der Waals surface area (Å²) in [5.41, 5.74) is 1.01. The summed E-state index contributed by atoms with van der Waals surface area (Å²) in [5, 5.41) is 4.48. The monoisotopic (exact) mass is 526 g/mol. The van der Waals surface area contributed by atoms with E-state index in [2.05, 4.69) is 12.1 Å². The Morgan fingerprint density at radius 1 is 0.895 bits per heavy atom. The molecule has 3 aromatic carbocycles. The molecule has 0 atom stereocenters. The Kier molecular flexibility index (Phi) is 7.94. The van der Waals surface area contributed by atoms with Crippen molar-refractivity contribution in [3.63, 3.8) is 0 Å². The van der Waals surface area contributed by atoms with Crippen LogP contribution in [0.4, 0.5) is 17.6 Å². The first-order valence-corrected chi connectivity index (χ1v) is 12.3. The Morgan fingerprint density at radius 3 is 2.18 bits per heavy atom. The number of halogens is 4. The number of oxime groups is 1. The predicted molar refractivity (Wildman–Crippen MR) is 138 cm³/mol. The van der Waals surface area contributed by atoms with Gasteiger partial charge in [-0.3, -0.25) is 4.79 Å². The molecule has 0 amide bonds. The van der Waals surface area contributed by atoms with Crippen LogP contribution in [0.1, 0.15) is 61.9 Å². The van der Waals surface area contributed by atoms with Crippen molar-refractivity contribution in [2.75, 3.05) is 0 Å². The van der Waals surface area contributed by atoms with Crippen LogP contribution < -0.4 is 0 Å². The molecule has 38 heavy (non-hydrogen) atoms. The fraction of sp³-hybridized carbons (Fsp3) is 0.276. The maximum atomic E-state index is 13.6. The van der Waals surface area contributed by atoms with Gasteiger partial charge in [0.25, 0.3) is 0 Å². The molecule has 0 radical (unpaired) electrons. The summed E-state index contributed by atoms with van der Waals surface area (Å²) in [6, 6.07) is 13.7. The zero-order valence-corrected chi connectivity index (χ0v) is 20.9. The van der Waals surface area contributed by atoms with Gasteiger partial charge in [0, 0.05) is 28.9 Å². The molecule has 0 aliphatic heterocycles. The highest BCUT2D eigenvalue weighted by Gasteiger charge is 2.31. The maximum Gasteiger partial charge on any atom is 0.416 e. The summed E-state index contributed by atoms with van der Waals surface area (Å²) < 4.78 is 56.0. The number of Topliss-reactive ketones (excluding diaryl/α,β-unsaturated/α-hetero) is 1. The number of hydrogen-bond acceptors (Lipinski definition) is 4. The normalized spacial score (nSPS) is 12.3. The summed E-state index contributed by atoms with van der Waals surface area (Å²) in [5.74, 6) is -1.58. The van der Waals surface area contributed by atoms with Gasteiger partial charge < -0.3 is 9.40 Å². The number of unbranched alkanes of at least 4 members (excludes halogenated alkanes) is 3. The molecule has 0 aliphatic rings. The van der Waals surface area contributed by atoms with Crippen molar-refractivity contribution < 1.29 is 32.0 Å². The van der Waals surface area contributed by atoms with Gasteiger partial charge in [0.2, 0.25) is 5.78 Å². The van der Waals surface area contributed by atoms with Gasteiger partial charge in [0.05, 0.1) is 16.6 Å². The summed E-state index contributed by atoms with van der Waals surface area (Å²) >= 11 is 0. The van der Waals surface area contributed by atoms with Crippen molar-refractivity contribution in [3.8, 4) is 5.69 Å². The van der Waals surface area contributed by atoms with Gasteiger partial charge in [0.1, 0.15) is 11.5 Å². The van der Waals surface area contributed by atoms with Crippen molar-refractivity contribution in [2.24, 2.45) is 5.16 Å². The highest BCUT2D eigenvalue weighted by Crippen LogP contribution is 2.37. The van der Waals surface area contributed by atoms with E-state index in [-0.39, 0.29) is 16.7 Å². The van der Waals surface area contributed by atoms with Crippen molar-refractivity contribution in [1.29, 1.82) is 0 Å². The molecule has 0 bridgehead atoms. The van der Waals surface area contributed by atoms with Crippen LogP contribution >= 0.6 is 0 Å². The molecule has 0 saturated carbocycles. The van der Waals surface area contributed by atoms with Gasteiger partial charge in [-0.05, 0) is 73.5 Å². The average Bonchev–Trinajstić information content (AvgIpc) is 3.21. The minimum absolute atomic E-state index is 0.0638. The van der Waals surface area contributed by atoms with E-state index in [0.717, 1.165) is 31.4 Å². The lowest BCUT2D eigenvalue weighted by atomic mass is 9.99. The molecule has 4 aromatic rings. The number of benzene rings is 3. The predicted octanol–water partition coefficient (Wildman–Crippen LogP) is 8.01. The third-order valence-corrected chi connectivity index (χ3v) is 6.25. The van der Waals surface area contributed by atoms with Crippen LogP contribution in [0, 0.1) is 5.82 Å². The Hall–Kier alpha value is -4.01. The van der Waals surface area contributed by atoms with Crippen LogP contribution in [-0.4, -0.2) is 22.0 Å². The fourth-order valence-electron chi connectivity index (χ4n) is 4.42. The molecule has 9 heteroatoms. The summed E-state index contributed by atoms with van der Waals surface area (Å²) in [6.07, 6.45) is -0.757. The highest BCUT2D eigenvalue weighted by atomic mass is 19.4. The van der Waals surface area contributed by atoms with Crippen molar-refractivity contribution in [3.05, 3.63) is 77.6 Å². The van der Waals surface area contributed by atoms with Crippen LogP contribution in [0.2, 0.25) is 0 Å². The molecule has 5 nitrogen and oxygen atoms in total. The zero-order chi connectivity index (χ0) is 27.4. The summed E-state index contributed by atoms with van der Waals surface area (Å²) in [4.78, 5) is 29.5. The van der Waals surface area contributed by atoms with Crippen LogP contribution in [0.15, 0.2) is 65.8 Å². The lowest BCUT2D eigenvalue weighted by Crippen LogP contribution is -2.16. The Bertz CT molecular complexity index is 1520. The van der Waals surface area contributed by atoms with Crippen LogP contribution in [0.3, 0.4) is 0 Å². The van der Waals surface area contributed by atoms with Crippen molar-refractivity contribution in [2.45, 2.75) is 52.1 Å². The molecular formula is C29H26F4N2O3. The van der Waals surface area contributed by atoms with E-state index in [4.69, 9.17) is 4.84 Å². The number of carbonyl (C=O) groups excluding carboxylic acids is 2. The van der Waals surface area contributed by atoms with E-state index in [1.807, 2.05) is 0 Å². The van der Waals surface area contributed by atoms with E-state index < -0.39 is 29.3 Å². The van der Waals surface area contributed by atoms with E-state index in [9.17, 15) is 27.2 Å². The second-order valence-electron chi connectivity index (χ2n) is 9.03. The minimum atomic E-state index is -4.56. The molecule has 0 unspecified atom stereocenters. The average molecular weight is 527 g/mol. The van der Waals surface area contributed by atoms with Crippen LogP contribution in [-0.2, 0) is 15.8 Å². The molecule has 0 fully saturated rings. The van der Waals surface area contributed by atoms with E-state index in [1.165, 1.54) is 43.3 Å². The number of aromatic nitrogens is 1. The van der Waals surface area contributed by atoms with Gasteiger partial charge in [-0.25, -0.2) is 9.18 Å². The second-order valence-corrected chi connectivity index (χ2v) is 9.03. The summed E-state index contributed by atoms with van der Waals surface area (Å²) in [6.45, 7) is 3.23. The maximum absolute atomic E-state index is 13.6. The highest BCUT2D eigenvalue weighted by molar-refractivity contribution is 6.46. The third kappa shape index (κ3) is 5.77. The SMILES string of the molecule is CCCCCCC(=NOC(C)=O)C(=O)c1ccc2c(c1)c1cc(C(F)(F)F)ccc1n2-c1ccc(F)cc1. The number of nitrogens with zero attached hydrogens (tertiary/aromatic N) is 2. The van der Waals surface area contributed by atoms with Gasteiger partial charge in [-0.15, -0.1) is 0 Å². The van der Waals surface area contributed by atoms with Crippen LogP contribution in [0.5, 0.6) is 0 Å². The quantitative estimate of drug-likeness (QED) is 0.0554. The first-order valence-electron chi connectivity index (χ1n) is 12.3. The standard InChI is InChI=1S/C29H26F4N2O3/c1-3-4-5-6-7-25(34-38-18(2)36)28(37)19-8-14-26-23(16-19)24-17-20(29(31,32)33)9-15-27(24)35(26)22-12-10-21(30)11-13-22/h8-17H,3-7H2,1-2H3. The van der Waals surface area contributed by atoms with Gasteiger partial charge in [0.15, 0.2) is 0 Å². The molecule has 1 heterocycles. The number of fused-ring (bicyclic) bond motifs is 3. The Morgan fingerprint density at radius 2 is 1.55 bits per heavy atom. The third-order valence-electron chi connectivity index (χ3n) is 6.25. The molecule has 1 aromatic heterocycles. The van der Waals surface area contributed by atoms with E-state index in [1.54, 1.807) is 16.7 Å². The van der Waals surface area contributed by atoms with Crippen LogP contribution in [0.25, 0.3) is 27.5 Å². The molecule has 0 N–H and O–H groups in total. The van der Waals surface area contributed by atoms with E-state index in [0.29, 0.717) is 34.9 Å².